The summed E-state index contributed by atoms with van der Waals surface area (Å²) in [6.07, 6.45) is -0.442. The lowest BCUT2D eigenvalue weighted by Gasteiger charge is -2.30. The fourth-order valence-corrected chi connectivity index (χ4v) is 4.35. The van der Waals surface area contributed by atoms with Gasteiger partial charge in [0.2, 0.25) is 0 Å². The summed E-state index contributed by atoms with van der Waals surface area (Å²) in [6, 6.07) is 13.2. The monoisotopic (exact) mass is 410 g/mol. The first-order valence-corrected chi connectivity index (χ1v) is 9.40. The van der Waals surface area contributed by atoms with Crippen LogP contribution in [0.5, 0.6) is 11.5 Å². The Hall–Kier alpha value is -3.32. The molecule has 0 radical (unpaired) electrons. The lowest BCUT2D eigenvalue weighted by atomic mass is 9.74. The van der Waals surface area contributed by atoms with Gasteiger partial charge in [-0.1, -0.05) is 30.3 Å². The molecular formula is C23H22O7. The molecule has 7 nitrogen and oxygen atoms in total. The van der Waals surface area contributed by atoms with Crippen LogP contribution in [0, 0.1) is 0 Å². The Morgan fingerprint density at radius 1 is 0.933 bits per heavy atom. The van der Waals surface area contributed by atoms with Gasteiger partial charge in [-0.15, -0.1) is 0 Å². The van der Waals surface area contributed by atoms with Crippen LogP contribution in [0.15, 0.2) is 53.6 Å². The van der Waals surface area contributed by atoms with Crippen LogP contribution < -0.4 is 9.47 Å². The zero-order chi connectivity index (χ0) is 21.5. The lowest BCUT2D eigenvalue weighted by Crippen LogP contribution is -2.34. The predicted octanol–water partition coefficient (Wildman–Crippen LogP) is 2.87. The van der Waals surface area contributed by atoms with Crippen molar-refractivity contribution in [2.45, 2.75) is 18.1 Å². The minimum Gasteiger partial charge on any atom is -0.493 e. The molecule has 30 heavy (non-hydrogen) atoms. The van der Waals surface area contributed by atoms with Crippen LogP contribution in [-0.4, -0.2) is 40.4 Å². The highest BCUT2D eigenvalue weighted by Gasteiger charge is 2.60. The molecule has 0 saturated heterocycles. The van der Waals surface area contributed by atoms with E-state index in [4.69, 9.17) is 23.7 Å². The van der Waals surface area contributed by atoms with Gasteiger partial charge in [-0.2, -0.15) is 0 Å². The van der Waals surface area contributed by atoms with E-state index in [0.717, 1.165) is 16.7 Å². The molecule has 2 aromatic carbocycles. The van der Waals surface area contributed by atoms with E-state index in [1.54, 1.807) is 19.2 Å². The van der Waals surface area contributed by atoms with E-state index < -0.39 is 23.6 Å². The molecule has 0 fully saturated rings. The second-order valence-electron chi connectivity index (χ2n) is 7.05. The quantitative estimate of drug-likeness (QED) is 0.678. The number of methoxy groups -OCH3 is 4. The first kappa shape index (κ1) is 20.0. The van der Waals surface area contributed by atoms with E-state index in [1.807, 2.05) is 30.3 Å². The van der Waals surface area contributed by atoms with Gasteiger partial charge >= 0.3 is 11.9 Å². The largest absolute Gasteiger partial charge is 0.493 e. The van der Waals surface area contributed by atoms with Crippen molar-refractivity contribution < 1.29 is 33.3 Å². The highest BCUT2D eigenvalue weighted by atomic mass is 16.6. The standard InChI is InChI=1S/C23H22O7/c1-26-16-10-14-15(11-17(16)27-2)23(12-13-8-6-5-7-9-13)19(22(25)29-4)18(20(14)30-23)21(24)28-3/h5-11,20H,12H2,1-4H3. The van der Waals surface area contributed by atoms with Crippen molar-refractivity contribution in [3.8, 4) is 11.5 Å². The molecule has 0 amide bonds. The minimum atomic E-state index is -1.21. The Morgan fingerprint density at radius 3 is 2.17 bits per heavy atom. The van der Waals surface area contributed by atoms with Crippen molar-refractivity contribution >= 4 is 11.9 Å². The maximum absolute atomic E-state index is 12.9. The van der Waals surface area contributed by atoms with Gasteiger partial charge in [-0.3, -0.25) is 0 Å². The number of carbonyl (C=O) groups is 2. The van der Waals surface area contributed by atoms with Crippen molar-refractivity contribution in [1.82, 2.24) is 0 Å². The van der Waals surface area contributed by atoms with E-state index in [1.165, 1.54) is 21.3 Å². The summed E-state index contributed by atoms with van der Waals surface area (Å²) in [5.41, 5.74) is 1.51. The Balaban J connectivity index is 2.00. The van der Waals surface area contributed by atoms with E-state index in [0.29, 0.717) is 17.9 Å². The fourth-order valence-electron chi connectivity index (χ4n) is 4.35. The summed E-state index contributed by atoms with van der Waals surface area (Å²) in [7, 11) is 5.63. The first-order chi connectivity index (χ1) is 14.5. The molecule has 2 unspecified atom stereocenters. The van der Waals surface area contributed by atoms with E-state index in [-0.39, 0.29) is 11.1 Å². The molecule has 0 aliphatic carbocycles. The number of ether oxygens (including phenoxy) is 5. The number of fused-ring (bicyclic) bond motifs is 5. The van der Waals surface area contributed by atoms with Gasteiger partial charge in [-0.25, -0.2) is 9.59 Å². The third-order valence-electron chi connectivity index (χ3n) is 5.62. The molecule has 0 N–H and O–H groups in total. The van der Waals surface area contributed by atoms with Crippen LogP contribution in [0.2, 0.25) is 0 Å². The highest BCUT2D eigenvalue weighted by Crippen LogP contribution is 2.61. The van der Waals surface area contributed by atoms with Crippen LogP contribution >= 0.6 is 0 Å². The van der Waals surface area contributed by atoms with Crippen LogP contribution in [0.1, 0.15) is 22.8 Å². The Morgan fingerprint density at radius 2 is 1.57 bits per heavy atom. The average Bonchev–Trinajstić information content (AvgIpc) is 3.28. The highest BCUT2D eigenvalue weighted by molar-refractivity contribution is 6.05. The molecule has 0 spiro atoms. The molecular weight excluding hydrogens is 388 g/mol. The summed E-state index contributed by atoms with van der Waals surface area (Å²) < 4.78 is 27.4. The Bertz CT molecular complexity index is 1040. The van der Waals surface area contributed by atoms with Crippen LogP contribution in [0.3, 0.4) is 0 Å². The summed E-state index contributed by atoms with van der Waals surface area (Å²) in [5, 5.41) is 0. The van der Waals surface area contributed by atoms with Crippen LogP contribution in [0.4, 0.5) is 0 Å². The maximum Gasteiger partial charge on any atom is 0.337 e. The molecule has 4 rings (SSSR count). The first-order valence-electron chi connectivity index (χ1n) is 9.40. The topological polar surface area (TPSA) is 80.3 Å². The zero-order valence-corrected chi connectivity index (χ0v) is 17.2. The molecule has 2 bridgehead atoms. The smallest absolute Gasteiger partial charge is 0.337 e. The van der Waals surface area contributed by atoms with Gasteiger partial charge in [0.15, 0.2) is 11.5 Å². The number of hydrogen-bond donors (Lipinski definition) is 0. The second kappa shape index (κ2) is 7.50. The van der Waals surface area contributed by atoms with Crippen molar-refractivity contribution in [2.24, 2.45) is 0 Å². The number of benzene rings is 2. The maximum atomic E-state index is 12.9. The van der Waals surface area contributed by atoms with E-state index in [2.05, 4.69) is 0 Å². The summed E-state index contributed by atoms with van der Waals surface area (Å²) in [5.74, 6) is -0.250. The van der Waals surface area contributed by atoms with E-state index >= 15 is 0 Å². The van der Waals surface area contributed by atoms with Crippen LogP contribution in [-0.2, 0) is 35.8 Å². The molecule has 0 saturated carbocycles. The molecule has 2 heterocycles. The minimum absolute atomic E-state index is 0.153. The summed E-state index contributed by atoms with van der Waals surface area (Å²) in [4.78, 5) is 25.6. The molecule has 0 aromatic heterocycles. The summed E-state index contributed by atoms with van der Waals surface area (Å²) in [6.45, 7) is 0. The van der Waals surface area contributed by atoms with Crippen molar-refractivity contribution in [2.75, 3.05) is 28.4 Å². The molecule has 2 aliphatic rings. The van der Waals surface area contributed by atoms with Gasteiger partial charge in [-0.05, 0) is 28.8 Å². The number of hydrogen-bond acceptors (Lipinski definition) is 7. The van der Waals surface area contributed by atoms with Crippen molar-refractivity contribution in [3.63, 3.8) is 0 Å². The molecule has 7 heteroatoms. The van der Waals surface area contributed by atoms with Gasteiger partial charge in [0, 0.05) is 6.42 Å². The second-order valence-corrected chi connectivity index (χ2v) is 7.05. The Kier molecular flexibility index (Phi) is 4.99. The average molecular weight is 410 g/mol. The van der Waals surface area contributed by atoms with Crippen molar-refractivity contribution in [3.05, 3.63) is 70.3 Å². The van der Waals surface area contributed by atoms with Crippen molar-refractivity contribution in [1.29, 1.82) is 0 Å². The third-order valence-corrected chi connectivity index (χ3v) is 5.62. The molecule has 156 valence electrons. The number of carbonyl (C=O) groups excluding carboxylic acids is 2. The third kappa shape index (κ3) is 2.77. The number of esters is 2. The molecule has 2 aromatic rings. The van der Waals surface area contributed by atoms with Gasteiger partial charge < -0.3 is 23.7 Å². The van der Waals surface area contributed by atoms with E-state index in [9.17, 15) is 9.59 Å². The summed E-state index contributed by atoms with van der Waals surface area (Å²) >= 11 is 0. The predicted molar refractivity (Wildman–Crippen MR) is 106 cm³/mol. The Labute approximate surface area is 174 Å². The fraction of sp³-hybridized carbons (Fsp3) is 0.304. The van der Waals surface area contributed by atoms with Crippen LogP contribution in [0.25, 0.3) is 0 Å². The lowest BCUT2D eigenvalue weighted by molar-refractivity contribution is -0.140. The zero-order valence-electron chi connectivity index (χ0n) is 17.2. The van der Waals surface area contributed by atoms with Gasteiger partial charge in [0.1, 0.15) is 11.7 Å². The number of rotatable bonds is 6. The van der Waals surface area contributed by atoms with Gasteiger partial charge in [0.05, 0.1) is 39.6 Å². The molecule has 2 aliphatic heterocycles. The van der Waals surface area contributed by atoms with Gasteiger partial charge in [0.25, 0.3) is 0 Å². The normalized spacial score (nSPS) is 21.3. The SMILES string of the molecule is COC(=O)C1=C(C(=O)OC)C2(Cc3ccccc3)OC1c1cc(OC)c(OC)cc12. The molecule has 2 atom stereocenters.